The average Bonchev–Trinajstić information content (AvgIpc) is 2.35. The number of nitrogens with zero attached hydrogens (tertiary/aromatic N) is 1. The number of carbonyl (C=O) groups is 1. The minimum atomic E-state index is -0.478. The molecule has 0 saturated carbocycles. The zero-order chi connectivity index (χ0) is 16.9. The number of alkyl carbamates (subject to hydrolysis) is 1. The number of nitrogens with one attached hydrogen (secondary N) is 1. The van der Waals surface area contributed by atoms with Crippen molar-refractivity contribution in [2.75, 3.05) is 13.1 Å². The quantitative estimate of drug-likeness (QED) is 0.819. The third kappa shape index (κ3) is 6.97. The van der Waals surface area contributed by atoms with Gasteiger partial charge in [0.1, 0.15) is 5.60 Å². The Kier molecular flexibility index (Phi) is 7.13. The highest BCUT2D eigenvalue weighted by Crippen LogP contribution is 2.24. The third-order valence-corrected chi connectivity index (χ3v) is 4.09. The SMILES string of the molecule is CCC(O)CC1CC(NC(=O)OC(C)(C)C)CN(C(C)C)C1. The molecule has 1 aliphatic heterocycles. The molecule has 0 bridgehead atoms. The van der Waals surface area contributed by atoms with Crippen LogP contribution in [0.3, 0.4) is 0 Å². The van der Waals surface area contributed by atoms with E-state index in [0.29, 0.717) is 12.0 Å². The summed E-state index contributed by atoms with van der Waals surface area (Å²) in [5.74, 6) is 0.408. The van der Waals surface area contributed by atoms with E-state index in [1.807, 2.05) is 27.7 Å². The van der Waals surface area contributed by atoms with Gasteiger partial charge in [0.15, 0.2) is 0 Å². The lowest BCUT2D eigenvalue weighted by atomic mass is 9.88. The van der Waals surface area contributed by atoms with Crippen molar-refractivity contribution in [2.24, 2.45) is 5.92 Å². The standard InChI is InChI=1S/C17H34N2O3/c1-7-15(20)9-13-8-14(11-19(10-13)12(2)3)18-16(21)22-17(4,5)6/h12-15,20H,7-11H2,1-6H3,(H,18,21). The van der Waals surface area contributed by atoms with E-state index in [2.05, 4.69) is 24.1 Å². The van der Waals surface area contributed by atoms with Crippen LogP contribution in [0.15, 0.2) is 0 Å². The van der Waals surface area contributed by atoms with Crippen molar-refractivity contribution in [1.82, 2.24) is 10.2 Å². The predicted molar refractivity (Wildman–Crippen MR) is 88.9 cm³/mol. The number of aliphatic hydroxyl groups is 1. The summed E-state index contributed by atoms with van der Waals surface area (Å²) in [4.78, 5) is 14.4. The van der Waals surface area contributed by atoms with Crippen molar-refractivity contribution in [3.63, 3.8) is 0 Å². The second kappa shape index (κ2) is 8.16. The number of aliphatic hydroxyl groups excluding tert-OH is 1. The smallest absolute Gasteiger partial charge is 0.407 e. The fourth-order valence-corrected chi connectivity index (χ4v) is 2.96. The lowest BCUT2D eigenvalue weighted by Gasteiger charge is -2.40. The first kappa shape index (κ1) is 19.2. The Morgan fingerprint density at radius 1 is 1.36 bits per heavy atom. The summed E-state index contributed by atoms with van der Waals surface area (Å²) < 4.78 is 5.36. The highest BCUT2D eigenvalue weighted by molar-refractivity contribution is 5.68. The Bertz CT molecular complexity index is 352. The van der Waals surface area contributed by atoms with Crippen LogP contribution in [0, 0.1) is 5.92 Å². The Balaban J connectivity index is 2.62. The molecule has 1 amide bonds. The lowest BCUT2D eigenvalue weighted by molar-refractivity contribution is 0.0380. The summed E-state index contributed by atoms with van der Waals surface area (Å²) in [6.07, 6.45) is 1.88. The molecule has 0 aromatic rings. The molecule has 5 nitrogen and oxygen atoms in total. The topological polar surface area (TPSA) is 61.8 Å². The molecule has 0 radical (unpaired) electrons. The van der Waals surface area contributed by atoms with Crippen molar-refractivity contribution in [2.45, 2.75) is 84.6 Å². The van der Waals surface area contributed by atoms with Crippen LogP contribution < -0.4 is 5.32 Å². The van der Waals surface area contributed by atoms with E-state index < -0.39 is 5.60 Å². The second-order valence-electron chi connectivity index (χ2n) is 7.79. The van der Waals surface area contributed by atoms with Crippen molar-refractivity contribution < 1.29 is 14.6 Å². The van der Waals surface area contributed by atoms with Gasteiger partial charge in [-0.3, -0.25) is 4.90 Å². The summed E-state index contributed by atoms with van der Waals surface area (Å²) in [7, 11) is 0. The number of rotatable bonds is 5. The van der Waals surface area contributed by atoms with E-state index in [1.165, 1.54) is 0 Å². The molecule has 2 N–H and O–H groups in total. The zero-order valence-electron chi connectivity index (χ0n) is 15.1. The number of hydrogen-bond acceptors (Lipinski definition) is 4. The summed E-state index contributed by atoms with van der Waals surface area (Å²) in [5.41, 5.74) is -0.478. The number of hydrogen-bond donors (Lipinski definition) is 2. The molecule has 3 unspecified atom stereocenters. The normalized spacial score (nSPS) is 25.1. The molecule has 0 spiro atoms. The van der Waals surface area contributed by atoms with Crippen LogP contribution in [-0.2, 0) is 4.74 Å². The first-order valence-corrected chi connectivity index (χ1v) is 8.52. The summed E-state index contributed by atoms with van der Waals surface area (Å²) in [5, 5.41) is 12.9. The van der Waals surface area contributed by atoms with Gasteiger partial charge in [0.05, 0.1) is 6.10 Å². The number of amides is 1. The molecule has 1 saturated heterocycles. The van der Waals surface area contributed by atoms with Crippen LogP contribution >= 0.6 is 0 Å². The molecule has 1 heterocycles. The van der Waals surface area contributed by atoms with Gasteiger partial charge in [0, 0.05) is 25.2 Å². The Hall–Kier alpha value is -0.810. The maximum absolute atomic E-state index is 12.0. The Morgan fingerprint density at radius 2 is 2.00 bits per heavy atom. The molecule has 5 heteroatoms. The van der Waals surface area contributed by atoms with Crippen LogP contribution in [0.5, 0.6) is 0 Å². The summed E-state index contributed by atoms with van der Waals surface area (Å²) in [6.45, 7) is 13.8. The fourth-order valence-electron chi connectivity index (χ4n) is 2.96. The minimum absolute atomic E-state index is 0.0834. The second-order valence-corrected chi connectivity index (χ2v) is 7.79. The number of likely N-dealkylation sites (tertiary alicyclic amines) is 1. The van der Waals surface area contributed by atoms with E-state index in [0.717, 1.165) is 32.4 Å². The molecule has 1 fully saturated rings. The highest BCUT2D eigenvalue weighted by atomic mass is 16.6. The highest BCUT2D eigenvalue weighted by Gasteiger charge is 2.31. The van der Waals surface area contributed by atoms with E-state index in [9.17, 15) is 9.90 Å². The van der Waals surface area contributed by atoms with Crippen molar-refractivity contribution in [3.8, 4) is 0 Å². The van der Waals surface area contributed by atoms with E-state index >= 15 is 0 Å². The van der Waals surface area contributed by atoms with Gasteiger partial charge in [-0.25, -0.2) is 4.79 Å². The van der Waals surface area contributed by atoms with Gasteiger partial charge in [-0.2, -0.15) is 0 Å². The Morgan fingerprint density at radius 3 is 2.50 bits per heavy atom. The Labute approximate surface area is 135 Å². The monoisotopic (exact) mass is 314 g/mol. The predicted octanol–water partition coefficient (Wildman–Crippen LogP) is 2.77. The lowest BCUT2D eigenvalue weighted by Crippen LogP contribution is -2.53. The van der Waals surface area contributed by atoms with Gasteiger partial charge in [0.25, 0.3) is 0 Å². The van der Waals surface area contributed by atoms with Crippen LogP contribution in [0.2, 0.25) is 0 Å². The minimum Gasteiger partial charge on any atom is -0.444 e. The maximum atomic E-state index is 12.0. The molecule has 130 valence electrons. The molecular weight excluding hydrogens is 280 g/mol. The van der Waals surface area contributed by atoms with Gasteiger partial charge in [-0.15, -0.1) is 0 Å². The molecule has 0 aromatic heterocycles. The average molecular weight is 314 g/mol. The molecule has 3 atom stereocenters. The van der Waals surface area contributed by atoms with Crippen LogP contribution in [0.1, 0.15) is 60.8 Å². The first-order valence-electron chi connectivity index (χ1n) is 8.52. The zero-order valence-corrected chi connectivity index (χ0v) is 15.1. The van der Waals surface area contributed by atoms with Gasteiger partial charge < -0.3 is 15.2 Å². The molecule has 1 aliphatic rings. The summed E-state index contributed by atoms with van der Waals surface area (Å²) >= 11 is 0. The van der Waals surface area contributed by atoms with E-state index in [1.54, 1.807) is 0 Å². The van der Waals surface area contributed by atoms with E-state index in [4.69, 9.17) is 4.74 Å². The van der Waals surface area contributed by atoms with Crippen molar-refractivity contribution >= 4 is 6.09 Å². The van der Waals surface area contributed by atoms with Gasteiger partial charge in [-0.05, 0) is 59.8 Å². The van der Waals surface area contributed by atoms with Crippen molar-refractivity contribution in [3.05, 3.63) is 0 Å². The molecule has 0 aromatic carbocycles. The largest absolute Gasteiger partial charge is 0.444 e. The van der Waals surface area contributed by atoms with Gasteiger partial charge in [-0.1, -0.05) is 6.92 Å². The fraction of sp³-hybridized carbons (Fsp3) is 0.941. The van der Waals surface area contributed by atoms with Crippen molar-refractivity contribution in [1.29, 1.82) is 0 Å². The molecule has 1 rings (SSSR count). The van der Waals surface area contributed by atoms with Crippen LogP contribution in [-0.4, -0.2) is 53.0 Å². The number of carbonyl (C=O) groups excluding carboxylic acids is 1. The van der Waals surface area contributed by atoms with Gasteiger partial charge in [0.2, 0.25) is 0 Å². The van der Waals surface area contributed by atoms with Gasteiger partial charge >= 0.3 is 6.09 Å². The summed E-state index contributed by atoms with van der Waals surface area (Å²) in [6, 6.07) is 0.518. The van der Waals surface area contributed by atoms with Crippen LogP contribution in [0.25, 0.3) is 0 Å². The molecule has 0 aliphatic carbocycles. The third-order valence-electron chi connectivity index (χ3n) is 4.09. The molecule has 22 heavy (non-hydrogen) atoms. The number of ether oxygens (including phenoxy) is 1. The maximum Gasteiger partial charge on any atom is 0.407 e. The first-order chi connectivity index (χ1) is 10.1. The van der Waals surface area contributed by atoms with Crippen LogP contribution in [0.4, 0.5) is 4.79 Å². The number of piperidine rings is 1. The molecular formula is C17H34N2O3. The van der Waals surface area contributed by atoms with E-state index in [-0.39, 0.29) is 18.2 Å².